The van der Waals surface area contributed by atoms with Crippen LogP contribution < -0.4 is 9.52 Å². The lowest BCUT2D eigenvalue weighted by Crippen LogP contribution is -2.14. The van der Waals surface area contributed by atoms with Gasteiger partial charge in [-0.25, -0.2) is 8.42 Å². The Bertz CT molecular complexity index is 1550. The Hall–Kier alpha value is -3.83. The Morgan fingerprint density at radius 2 is 1.73 bits per heavy atom. The Balaban J connectivity index is 1.57. The van der Waals surface area contributed by atoms with Crippen molar-refractivity contribution in [2.24, 2.45) is 12.0 Å². The molecule has 11 heteroatoms. The lowest BCUT2D eigenvalue weighted by atomic mass is 10.2. The summed E-state index contributed by atoms with van der Waals surface area (Å²) in [6.07, 6.45) is 0. The largest absolute Gasteiger partial charge is 0.319 e. The van der Waals surface area contributed by atoms with Gasteiger partial charge >= 0.3 is 0 Å². The van der Waals surface area contributed by atoms with E-state index >= 15 is 0 Å². The molecule has 0 saturated heterocycles. The monoisotopic (exact) mass is 482 g/mol. The van der Waals surface area contributed by atoms with Gasteiger partial charge in [0.05, 0.1) is 20.0 Å². The molecule has 1 N–H and O–H groups in total. The van der Waals surface area contributed by atoms with E-state index in [9.17, 15) is 23.3 Å². The summed E-state index contributed by atoms with van der Waals surface area (Å²) in [5.41, 5.74) is 2.22. The first-order valence-corrected chi connectivity index (χ1v) is 12.0. The van der Waals surface area contributed by atoms with Gasteiger partial charge in [-0.05, 0) is 49.4 Å². The summed E-state index contributed by atoms with van der Waals surface area (Å²) < 4.78 is 29.9. The van der Waals surface area contributed by atoms with E-state index < -0.39 is 20.9 Å². The number of nitro groups is 1. The summed E-state index contributed by atoms with van der Waals surface area (Å²) in [5.74, 6) is -0.514. The molecule has 0 aliphatic heterocycles. The molecule has 1 heterocycles. The maximum absolute atomic E-state index is 12.6. The van der Waals surface area contributed by atoms with Crippen LogP contribution in [0.4, 0.5) is 11.4 Å². The number of aromatic nitrogens is 1. The van der Waals surface area contributed by atoms with Crippen LogP contribution in [0.2, 0.25) is 0 Å². The minimum atomic E-state index is -3.75. The Morgan fingerprint density at radius 1 is 1.06 bits per heavy atom. The summed E-state index contributed by atoms with van der Waals surface area (Å²) in [6, 6.07) is 16.9. The number of fused-ring (bicyclic) bond motifs is 1. The molecule has 0 atom stereocenters. The van der Waals surface area contributed by atoms with Crippen molar-refractivity contribution in [2.75, 3.05) is 4.72 Å². The number of hydrogen-bond donors (Lipinski definition) is 1. The summed E-state index contributed by atoms with van der Waals surface area (Å²) in [4.78, 5) is 27.8. The zero-order valence-corrected chi connectivity index (χ0v) is 19.2. The second-order valence-corrected chi connectivity index (χ2v) is 9.96. The van der Waals surface area contributed by atoms with Gasteiger partial charge < -0.3 is 4.57 Å². The van der Waals surface area contributed by atoms with Crippen molar-refractivity contribution in [3.8, 4) is 0 Å². The maximum atomic E-state index is 12.6. The maximum Gasteiger partial charge on any atom is 0.279 e. The van der Waals surface area contributed by atoms with Crippen molar-refractivity contribution < 1.29 is 18.1 Å². The normalized spacial score (nSPS) is 12.1. The van der Waals surface area contributed by atoms with E-state index in [1.807, 2.05) is 6.92 Å². The Labute approximate surface area is 192 Å². The first-order chi connectivity index (χ1) is 15.6. The van der Waals surface area contributed by atoms with Gasteiger partial charge in [0.1, 0.15) is 0 Å². The van der Waals surface area contributed by atoms with Crippen LogP contribution >= 0.6 is 11.3 Å². The third-order valence-electron chi connectivity index (χ3n) is 4.92. The van der Waals surface area contributed by atoms with Crippen molar-refractivity contribution in [1.82, 2.24) is 4.57 Å². The quantitative estimate of drug-likeness (QED) is 0.340. The van der Waals surface area contributed by atoms with E-state index in [-0.39, 0.29) is 16.1 Å². The van der Waals surface area contributed by atoms with Crippen molar-refractivity contribution in [2.45, 2.75) is 11.8 Å². The number of sulfonamides is 1. The number of carbonyl (C=O) groups is 1. The number of non-ortho nitro benzene ring substituents is 1. The van der Waals surface area contributed by atoms with Gasteiger partial charge in [-0.3, -0.25) is 19.6 Å². The number of nitro benzene ring substituents is 1. The van der Waals surface area contributed by atoms with E-state index in [4.69, 9.17) is 0 Å². The molecule has 0 saturated carbocycles. The summed E-state index contributed by atoms with van der Waals surface area (Å²) >= 11 is 1.17. The number of nitrogens with zero attached hydrogens (tertiary/aromatic N) is 3. The number of amides is 1. The number of carbonyl (C=O) groups excluding carboxylic acids is 1. The van der Waals surface area contributed by atoms with E-state index in [1.54, 1.807) is 29.8 Å². The number of thiazole rings is 1. The van der Waals surface area contributed by atoms with E-state index in [2.05, 4.69) is 9.71 Å². The van der Waals surface area contributed by atoms with E-state index in [0.717, 1.165) is 11.1 Å². The molecule has 0 bridgehead atoms. The van der Waals surface area contributed by atoms with Crippen LogP contribution in [-0.2, 0) is 17.1 Å². The Morgan fingerprint density at radius 3 is 2.36 bits per heavy atom. The predicted octanol–water partition coefficient (Wildman–Crippen LogP) is 4.00. The van der Waals surface area contributed by atoms with Crippen LogP contribution in [0.15, 0.2) is 76.6 Å². The van der Waals surface area contributed by atoms with Gasteiger partial charge in [0.2, 0.25) is 0 Å². The zero-order chi connectivity index (χ0) is 23.8. The van der Waals surface area contributed by atoms with Gasteiger partial charge in [0.15, 0.2) is 4.80 Å². The average molecular weight is 483 g/mol. The second-order valence-electron chi connectivity index (χ2n) is 7.27. The third kappa shape index (κ3) is 4.69. The molecule has 0 unspecified atom stereocenters. The van der Waals surface area contributed by atoms with Gasteiger partial charge in [0, 0.05) is 30.4 Å². The average Bonchev–Trinajstić information content (AvgIpc) is 3.08. The fourth-order valence-corrected chi connectivity index (χ4v) is 5.22. The van der Waals surface area contributed by atoms with Crippen LogP contribution in [0.3, 0.4) is 0 Å². The number of anilines is 1. The first-order valence-electron chi connectivity index (χ1n) is 9.67. The third-order valence-corrected chi connectivity index (χ3v) is 7.41. The zero-order valence-electron chi connectivity index (χ0n) is 17.6. The molecule has 1 amide bonds. The molecule has 0 aliphatic rings. The number of aryl methyl sites for hydroxylation is 2. The molecule has 0 radical (unpaired) electrons. The second kappa shape index (κ2) is 8.60. The van der Waals surface area contributed by atoms with Crippen LogP contribution in [0.1, 0.15) is 15.9 Å². The van der Waals surface area contributed by atoms with Gasteiger partial charge in [-0.15, -0.1) is 0 Å². The summed E-state index contributed by atoms with van der Waals surface area (Å²) in [6.45, 7) is 1.87. The smallest absolute Gasteiger partial charge is 0.279 e. The molecule has 168 valence electrons. The highest BCUT2D eigenvalue weighted by Gasteiger charge is 2.15. The highest BCUT2D eigenvalue weighted by Crippen LogP contribution is 2.23. The van der Waals surface area contributed by atoms with Gasteiger partial charge in [0.25, 0.3) is 21.6 Å². The predicted molar refractivity (Wildman–Crippen MR) is 126 cm³/mol. The fourth-order valence-electron chi connectivity index (χ4n) is 3.11. The molecule has 1 aromatic heterocycles. The number of nitrogens with one attached hydrogen (secondary N) is 1. The first kappa shape index (κ1) is 22.4. The number of benzene rings is 3. The molecule has 4 aromatic rings. The van der Waals surface area contributed by atoms with Gasteiger partial charge in [-0.2, -0.15) is 4.99 Å². The minimum Gasteiger partial charge on any atom is -0.319 e. The Kier molecular flexibility index (Phi) is 5.83. The van der Waals surface area contributed by atoms with E-state index in [0.29, 0.717) is 15.2 Å². The summed E-state index contributed by atoms with van der Waals surface area (Å²) in [5, 5.41) is 11.0. The van der Waals surface area contributed by atoms with Crippen molar-refractivity contribution in [3.05, 3.63) is 92.8 Å². The number of hydrogen-bond acceptors (Lipinski definition) is 6. The molecule has 9 nitrogen and oxygen atoms in total. The highest BCUT2D eigenvalue weighted by molar-refractivity contribution is 7.92. The fraction of sp³-hybridized carbons (Fsp3) is 0.0909. The van der Waals surface area contributed by atoms with Crippen LogP contribution in [0.25, 0.3) is 10.2 Å². The van der Waals surface area contributed by atoms with Crippen LogP contribution in [0.5, 0.6) is 0 Å². The standard InChI is InChI=1S/C22H18N4O5S2/c1-14-3-10-18(11-4-14)33(30,31)24-16-7-5-15(6-8-16)21(27)23-22-25(2)19-12-9-17(26(28)29)13-20(19)32-22/h3-13,24H,1-2H3. The molecule has 4 rings (SSSR count). The van der Waals surface area contributed by atoms with E-state index in [1.165, 1.54) is 59.9 Å². The molecule has 0 fully saturated rings. The molecule has 33 heavy (non-hydrogen) atoms. The van der Waals surface area contributed by atoms with Crippen molar-refractivity contribution >= 4 is 48.9 Å². The lowest BCUT2D eigenvalue weighted by Gasteiger charge is -2.08. The van der Waals surface area contributed by atoms with Crippen LogP contribution in [-0.4, -0.2) is 23.8 Å². The van der Waals surface area contributed by atoms with Crippen molar-refractivity contribution in [3.63, 3.8) is 0 Å². The topological polar surface area (TPSA) is 124 Å². The summed E-state index contributed by atoms with van der Waals surface area (Å²) in [7, 11) is -2.03. The lowest BCUT2D eigenvalue weighted by molar-refractivity contribution is -0.384. The van der Waals surface area contributed by atoms with Crippen molar-refractivity contribution in [1.29, 1.82) is 0 Å². The minimum absolute atomic E-state index is 0.0362. The molecular weight excluding hydrogens is 464 g/mol. The number of rotatable bonds is 5. The molecular formula is C22H18N4O5S2. The van der Waals surface area contributed by atoms with Crippen LogP contribution in [0, 0.1) is 17.0 Å². The molecule has 0 spiro atoms. The van der Waals surface area contributed by atoms with Gasteiger partial charge in [-0.1, -0.05) is 29.0 Å². The highest BCUT2D eigenvalue weighted by atomic mass is 32.2. The SMILES string of the molecule is Cc1ccc(S(=O)(=O)Nc2ccc(C(=O)N=c3sc4cc([N+](=O)[O-])ccc4n3C)cc2)cc1. The molecule has 0 aliphatic carbocycles. The molecule has 3 aromatic carbocycles.